The second-order valence-electron chi connectivity index (χ2n) is 6.92. The van der Waals surface area contributed by atoms with Crippen molar-refractivity contribution >= 4 is 21.8 Å². The maximum absolute atomic E-state index is 12.7. The Hall–Kier alpha value is -3.91. The number of sulfonamides is 1. The summed E-state index contributed by atoms with van der Waals surface area (Å²) in [5, 5.41) is 8.99. The number of ether oxygens (including phenoxy) is 1. The molecule has 1 aromatic heterocycles. The first kappa shape index (κ1) is 24.7. The van der Waals surface area contributed by atoms with Crippen LogP contribution in [0.25, 0.3) is 0 Å². The predicted octanol–water partition coefficient (Wildman–Crippen LogP) is 1.74. The van der Waals surface area contributed by atoms with E-state index in [9.17, 15) is 31.2 Å². The predicted molar refractivity (Wildman–Crippen MR) is 112 cm³/mol. The maximum Gasteiger partial charge on any atom is 0.416 e. The first-order valence-corrected chi connectivity index (χ1v) is 11.0. The van der Waals surface area contributed by atoms with Crippen LogP contribution in [0.4, 0.5) is 13.2 Å². The summed E-state index contributed by atoms with van der Waals surface area (Å²) in [6, 6.07) is 8.92. The third kappa shape index (κ3) is 5.90. The van der Waals surface area contributed by atoms with Gasteiger partial charge in [0.25, 0.3) is 11.8 Å². The number of primary sulfonamides is 1. The molecule has 34 heavy (non-hydrogen) atoms. The van der Waals surface area contributed by atoms with E-state index in [0.717, 1.165) is 30.3 Å². The quantitative estimate of drug-likeness (QED) is 0.443. The summed E-state index contributed by atoms with van der Waals surface area (Å²) in [5.41, 5.74) is 3.75. The highest BCUT2D eigenvalue weighted by Crippen LogP contribution is 2.30. The Morgan fingerprint density at radius 1 is 1.09 bits per heavy atom. The molecule has 0 atom stereocenters. The molecular formula is C20H18F3N5O5S. The van der Waals surface area contributed by atoms with E-state index in [0.29, 0.717) is 0 Å². The van der Waals surface area contributed by atoms with Gasteiger partial charge in [0, 0.05) is 12.6 Å². The summed E-state index contributed by atoms with van der Waals surface area (Å²) in [5.74, 6) is -1.41. The second-order valence-corrected chi connectivity index (χ2v) is 8.48. The number of rotatable bonds is 6. The number of hydrogen-bond acceptors (Lipinski definition) is 6. The molecule has 0 saturated heterocycles. The largest absolute Gasteiger partial charge is 0.487 e. The number of amides is 2. The zero-order valence-electron chi connectivity index (χ0n) is 17.5. The van der Waals surface area contributed by atoms with Crippen LogP contribution in [0.2, 0.25) is 0 Å². The summed E-state index contributed by atoms with van der Waals surface area (Å²) in [6.45, 7) is -0.199. The highest BCUT2D eigenvalue weighted by Gasteiger charge is 2.30. The number of benzene rings is 2. The molecule has 0 aliphatic rings. The molecule has 3 rings (SSSR count). The van der Waals surface area contributed by atoms with E-state index in [1.54, 1.807) is 0 Å². The van der Waals surface area contributed by atoms with E-state index in [-0.39, 0.29) is 34.1 Å². The molecule has 14 heteroatoms. The van der Waals surface area contributed by atoms with Crippen molar-refractivity contribution in [3.8, 4) is 5.75 Å². The summed E-state index contributed by atoms with van der Waals surface area (Å²) in [4.78, 5) is 24.5. The maximum atomic E-state index is 12.7. The van der Waals surface area contributed by atoms with Crippen LogP contribution < -0.4 is 20.7 Å². The molecule has 4 N–H and O–H groups in total. The van der Waals surface area contributed by atoms with Gasteiger partial charge in [-0.05, 0) is 42.5 Å². The molecule has 0 radical (unpaired) electrons. The van der Waals surface area contributed by atoms with Crippen molar-refractivity contribution in [2.24, 2.45) is 12.2 Å². The number of alkyl halides is 3. The molecule has 0 aliphatic heterocycles. The van der Waals surface area contributed by atoms with Gasteiger partial charge in [0.1, 0.15) is 12.4 Å². The lowest BCUT2D eigenvalue weighted by atomic mass is 10.2. The van der Waals surface area contributed by atoms with Crippen molar-refractivity contribution in [2.75, 3.05) is 0 Å². The fourth-order valence-corrected chi connectivity index (χ4v) is 3.34. The minimum Gasteiger partial charge on any atom is -0.487 e. The molecule has 0 saturated carbocycles. The molecular weight excluding hydrogens is 479 g/mol. The van der Waals surface area contributed by atoms with E-state index >= 15 is 0 Å². The van der Waals surface area contributed by atoms with E-state index in [2.05, 4.69) is 16.0 Å². The molecule has 2 amide bonds. The Balaban J connectivity index is 1.65. The molecule has 0 unspecified atom stereocenters. The first-order valence-electron chi connectivity index (χ1n) is 9.41. The first-order chi connectivity index (χ1) is 15.9. The molecule has 0 spiro atoms. The number of nitrogens with one attached hydrogen (secondary N) is 2. The van der Waals surface area contributed by atoms with Gasteiger partial charge in [-0.25, -0.2) is 13.6 Å². The number of carbonyl (C=O) groups excluding carboxylic acids is 2. The molecule has 0 bridgehead atoms. The standard InChI is InChI=1S/C20H18F3N5O5S/c1-28-17(11-33-14-7-5-13(6-8-14)20(21,22)23)16(10-25-28)19(30)27-26-18(29)12-3-2-4-15(9-12)34(24,31)32/h2-10H,11H2,1H3,(H,26,29)(H,27,30)(H2,24,31,32). The molecule has 180 valence electrons. The van der Waals surface area contributed by atoms with Crippen molar-refractivity contribution in [1.82, 2.24) is 20.6 Å². The Morgan fingerprint density at radius 2 is 1.74 bits per heavy atom. The third-order valence-electron chi connectivity index (χ3n) is 4.58. The lowest BCUT2D eigenvalue weighted by Crippen LogP contribution is -2.42. The van der Waals surface area contributed by atoms with Crippen LogP contribution in [0, 0.1) is 0 Å². The Morgan fingerprint density at radius 3 is 2.35 bits per heavy atom. The van der Waals surface area contributed by atoms with Gasteiger partial charge in [-0.2, -0.15) is 18.3 Å². The minimum absolute atomic E-state index is 0.0352. The second kappa shape index (κ2) is 9.52. The molecule has 3 aromatic rings. The fraction of sp³-hybridized carbons (Fsp3) is 0.150. The van der Waals surface area contributed by atoms with Crippen LogP contribution in [0.15, 0.2) is 59.6 Å². The minimum atomic E-state index is -4.48. The Labute approximate surface area is 191 Å². The van der Waals surface area contributed by atoms with Crippen LogP contribution >= 0.6 is 0 Å². The summed E-state index contributed by atoms with van der Waals surface area (Å²) >= 11 is 0. The van der Waals surface area contributed by atoms with Gasteiger partial charge in [-0.15, -0.1) is 0 Å². The molecule has 10 nitrogen and oxygen atoms in total. The highest BCUT2D eigenvalue weighted by atomic mass is 32.2. The van der Waals surface area contributed by atoms with Gasteiger partial charge in [0.05, 0.1) is 27.9 Å². The summed E-state index contributed by atoms with van der Waals surface area (Å²) in [7, 11) is -2.50. The molecule has 0 aliphatic carbocycles. The normalized spacial score (nSPS) is 11.7. The van der Waals surface area contributed by atoms with E-state index < -0.39 is 33.6 Å². The number of aryl methyl sites for hydroxylation is 1. The molecule has 1 heterocycles. The van der Waals surface area contributed by atoms with E-state index in [4.69, 9.17) is 9.88 Å². The Kier molecular flexibility index (Phi) is 6.93. The van der Waals surface area contributed by atoms with E-state index in [1.807, 2.05) is 0 Å². The van der Waals surface area contributed by atoms with Crippen LogP contribution in [0.1, 0.15) is 32.0 Å². The lowest BCUT2D eigenvalue weighted by Gasteiger charge is -2.11. The zero-order valence-corrected chi connectivity index (χ0v) is 18.3. The highest BCUT2D eigenvalue weighted by molar-refractivity contribution is 7.89. The lowest BCUT2D eigenvalue weighted by molar-refractivity contribution is -0.137. The van der Waals surface area contributed by atoms with Gasteiger partial charge >= 0.3 is 6.18 Å². The van der Waals surface area contributed by atoms with Crippen molar-refractivity contribution in [3.05, 3.63) is 77.1 Å². The van der Waals surface area contributed by atoms with Gasteiger partial charge in [0.2, 0.25) is 10.0 Å². The number of carbonyl (C=O) groups is 2. The molecule has 2 aromatic carbocycles. The summed E-state index contributed by atoms with van der Waals surface area (Å²) < 4.78 is 67.7. The van der Waals surface area contributed by atoms with Gasteiger partial charge < -0.3 is 4.74 Å². The van der Waals surface area contributed by atoms with Crippen molar-refractivity contribution in [1.29, 1.82) is 0 Å². The van der Waals surface area contributed by atoms with Crippen molar-refractivity contribution in [2.45, 2.75) is 17.7 Å². The van der Waals surface area contributed by atoms with Crippen LogP contribution in [0.5, 0.6) is 5.75 Å². The SMILES string of the molecule is Cn1ncc(C(=O)NNC(=O)c2cccc(S(N)(=O)=O)c2)c1COc1ccc(C(F)(F)F)cc1. The van der Waals surface area contributed by atoms with Gasteiger partial charge in [0.15, 0.2) is 0 Å². The van der Waals surface area contributed by atoms with Gasteiger partial charge in [-0.3, -0.25) is 25.1 Å². The number of aromatic nitrogens is 2. The van der Waals surface area contributed by atoms with Crippen LogP contribution in [-0.4, -0.2) is 30.0 Å². The number of hydrogen-bond donors (Lipinski definition) is 3. The average Bonchev–Trinajstić information content (AvgIpc) is 3.15. The number of hydrazine groups is 1. The van der Waals surface area contributed by atoms with Crippen LogP contribution in [0.3, 0.4) is 0 Å². The third-order valence-corrected chi connectivity index (χ3v) is 5.49. The Bertz CT molecular complexity index is 1320. The smallest absolute Gasteiger partial charge is 0.416 e. The number of halogens is 3. The average molecular weight is 497 g/mol. The van der Waals surface area contributed by atoms with E-state index in [1.165, 1.54) is 36.1 Å². The number of nitrogens with zero attached hydrogens (tertiary/aromatic N) is 2. The monoisotopic (exact) mass is 497 g/mol. The van der Waals surface area contributed by atoms with Crippen molar-refractivity contribution < 1.29 is 35.9 Å². The van der Waals surface area contributed by atoms with Crippen LogP contribution in [-0.2, 0) is 29.9 Å². The topological polar surface area (TPSA) is 145 Å². The van der Waals surface area contributed by atoms with Gasteiger partial charge in [-0.1, -0.05) is 6.07 Å². The number of nitrogens with two attached hydrogens (primary N) is 1. The van der Waals surface area contributed by atoms with Crippen molar-refractivity contribution in [3.63, 3.8) is 0 Å². The molecule has 0 fully saturated rings. The zero-order chi connectivity index (χ0) is 25.1. The fourth-order valence-electron chi connectivity index (χ4n) is 2.78. The summed E-state index contributed by atoms with van der Waals surface area (Å²) in [6.07, 6.45) is -3.26.